The van der Waals surface area contributed by atoms with E-state index in [4.69, 9.17) is 0 Å². The van der Waals surface area contributed by atoms with Gasteiger partial charge in [0, 0.05) is 38.6 Å². The highest BCUT2D eigenvalue weighted by Gasteiger charge is 2.22. The molecule has 2 rings (SSSR count). The van der Waals surface area contributed by atoms with Crippen molar-refractivity contribution in [2.24, 2.45) is 13.0 Å². The van der Waals surface area contributed by atoms with Crippen molar-refractivity contribution in [2.45, 2.75) is 32.7 Å². The summed E-state index contributed by atoms with van der Waals surface area (Å²) in [5.41, 5.74) is 0. The Morgan fingerprint density at radius 3 is 3.00 bits per heavy atom. The van der Waals surface area contributed by atoms with Gasteiger partial charge in [-0.2, -0.15) is 0 Å². The summed E-state index contributed by atoms with van der Waals surface area (Å²) >= 11 is 0. The highest BCUT2D eigenvalue weighted by molar-refractivity contribution is 5.31. The van der Waals surface area contributed by atoms with Crippen LogP contribution >= 0.6 is 0 Å². The zero-order chi connectivity index (χ0) is 12.3. The van der Waals surface area contributed by atoms with Crippen molar-refractivity contribution in [1.82, 2.24) is 14.9 Å². The first-order valence-electron chi connectivity index (χ1n) is 6.62. The molecule has 0 radical (unpaired) electrons. The lowest BCUT2D eigenvalue weighted by atomic mass is 9.98. The highest BCUT2D eigenvalue weighted by atomic mass is 15.3. The molecule has 4 heteroatoms. The molecule has 1 aliphatic rings. The summed E-state index contributed by atoms with van der Waals surface area (Å²) in [6.07, 6.45) is 6.51. The van der Waals surface area contributed by atoms with Gasteiger partial charge in [-0.15, -0.1) is 0 Å². The van der Waals surface area contributed by atoms with Crippen LogP contribution in [0.25, 0.3) is 0 Å². The van der Waals surface area contributed by atoms with E-state index in [0.717, 1.165) is 31.5 Å². The van der Waals surface area contributed by atoms with Crippen LogP contribution < -0.4 is 10.2 Å². The van der Waals surface area contributed by atoms with Crippen LogP contribution in [0, 0.1) is 5.92 Å². The summed E-state index contributed by atoms with van der Waals surface area (Å²) in [5, 5.41) is 3.54. The molecule has 0 aromatic carbocycles. The predicted octanol–water partition coefficient (Wildman–Crippen LogP) is 1.63. The second kappa shape index (κ2) is 5.54. The Kier molecular flexibility index (Phi) is 4.05. The molecule has 4 nitrogen and oxygen atoms in total. The highest BCUT2D eigenvalue weighted by Crippen LogP contribution is 2.20. The van der Waals surface area contributed by atoms with Crippen LogP contribution in [0.4, 0.5) is 5.95 Å². The summed E-state index contributed by atoms with van der Waals surface area (Å²) in [7, 11) is 2.07. The fourth-order valence-corrected chi connectivity index (χ4v) is 2.48. The van der Waals surface area contributed by atoms with E-state index in [-0.39, 0.29) is 0 Å². The summed E-state index contributed by atoms with van der Waals surface area (Å²) in [4.78, 5) is 6.85. The zero-order valence-corrected chi connectivity index (χ0v) is 11.2. The summed E-state index contributed by atoms with van der Waals surface area (Å²) in [5.74, 6) is 1.86. The summed E-state index contributed by atoms with van der Waals surface area (Å²) in [6, 6.07) is 0.582. The quantitative estimate of drug-likeness (QED) is 0.862. The van der Waals surface area contributed by atoms with E-state index in [1.165, 1.54) is 12.8 Å². The fraction of sp³-hybridized carbons (Fsp3) is 0.769. The van der Waals surface area contributed by atoms with Gasteiger partial charge in [-0.1, -0.05) is 13.8 Å². The Labute approximate surface area is 104 Å². The Hall–Kier alpha value is -1.03. The van der Waals surface area contributed by atoms with Crippen molar-refractivity contribution in [1.29, 1.82) is 0 Å². The number of piperidine rings is 1. The van der Waals surface area contributed by atoms with Gasteiger partial charge >= 0.3 is 0 Å². The van der Waals surface area contributed by atoms with E-state index in [1.807, 2.05) is 12.4 Å². The molecule has 1 aromatic heterocycles. The average molecular weight is 236 g/mol. The maximum atomic E-state index is 4.44. The molecule has 1 fully saturated rings. The standard InChI is InChI=1S/C13H24N4/c1-11(2)15-9-12-5-4-7-17(10-12)13-14-6-8-16(13)3/h6,8,11-12,15H,4-5,7,9-10H2,1-3H3. The minimum absolute atomic E-state index is 0.582. The lowest BCUT2D eigenvalue weighted by Crippen LogP contribution is -2.41. The molecule has 17 heavy (non-hydrogen) atoms. The molecule has 1 aliphatic heterocycles. The third-order valence-corrected chi connectivity index (χ3v) is 3.41. The normalized spacial score (nSPS) is 21.2. The minimum Gasteiger partial charge on any atom is -0.342 e. The van der Waals surface area contributed by atoms with E-state index in [9.17, 15) is 0 Å². The smallest absolute Gasteiger partial charge is 0.205 e. The number of rotatable bonds is 4. The van der Waals surface area contributed by atoms with Gasteiger partial charge in [-0.3, -0.25) is 0 Å². The van der Waals surface area contributed by atoms with E-state index >= 15 is 0 Å². The molecule has 1 unspecified atom stereocenters. The van der Waals surface area contributed by atoms with Gasteiger partial charge in [-0.05, 0) is 25.3 Å². The Morgan fingerprint density at radius 2 is 2.35 bits per heavy atom. The first kappa shape index (κ1) is 12.4. The molecule has 1 N–H and O–H groups in total. The number of nitrogens with zero attached hydrogens (tertiary/aromatic N) is 3. The monoisotopic (exact) mass is 236 g/mol. The second-order valence-electron chi connectivity index (χ2n) is 5.36. The van der Waals surface area contributed by atoms with Crippen molar-refractivity contribution in [3.05, 3.63) is 12.4 Å². The average Bonchev–Trinajstić information content (AvgIpc) is 2.73. The Morgan fingerprint density at radius 1 is 1.53 bits per heavy atom. The molecule has 0 aliphatic carbocycles. The molecule has 96 valence electrons. The third kappa shape index (κ3) is 3.22. The van der Waals surface area contributed by atoms with Crippen molar-refractivity contribution in [3.8, 4) is 0 Å². The van der Waals surface area contributed by atoms with Crippen molar-refractivity contribution >= 4 is 5.95 Å². The predicted molar refractivity (Wildman–Crippen MR) is 71.3 cm³/mol. The number of hydrogen-bond donors (Lipinski definition) is 1. The van der Waals surface area contributed by atoms with Crippen LogP contribution in [0.1, 0.15) is 26.7 Å². The number of hydrogen-bond acceptors (Lipinski definition) is 3. The molecule has 1 atom stereocenters. The zero-order valence-electron chi connectivity index (χ0n) is 11.2. The van der Waals surface area contributed by atoms with Gasteiger partial charge in [0.2, 0.25) is 5.95 Å². The molecule has 0 spiro atoms. The SMILES string of the molecule is CC(C)NCC1CCCN(c2nccn2C)C1. The van der Waals surface area contributed by atoms with Gasteiger partial charge in [0.25, 0.3) is 0 Å². The molecular weight excluding hydrogens is 212 g/mol. The van der Waals surface area contributed by atoms with Crippen LogP contribution in [0.3, 0.4) is 0 Å². The van der Waals surface area contributed by atoms with Crippen LogP contribution in [0.5, 0.6) is 0 Å². The van der Waals surface area contributed by atoms with Crippen LogP contribution in [0.2, 0.25) is 0 Å². The van der Waals surface area contributed by atoms with Crippen molar-refractivity contribution in [3.63, 3.8) is 0 Å². The van der Waals surface area contributed by atoms with E-state index < -0.39 is 0 Å². The summed E-state index contributed by atoms with van der Waals surface area (Å²) in [6.45, 7) is 7.81. The van der Waals surface area contributed by atoms with Gasteiger partial charge in [0.05, 0.1) is 0 Å². The van der Waals surface area contributed by atoms with Crippen molar-refractivity contribution in [2.75, 3.05) is 24.5 Å². The largest absolute Gasteiger partial charge is 0.342 e. The maximum absolute atomic E-state index is 4.44. The lowest BCUT2D eigenvalue weighted by Gasteiger charge is -2.33. The number of anilines is 1. The van der Waals surface area contributed by atoms with Gasteiger partial charge in [0.1, 0.15) is 0 Å². The van der Waals surface area contributed by atoms with Crippen molar-refractivity contribution < 1.29 is 0 Å². The number of nitrogens with one attached hydrogen (secondary N) is 1. The molecule has 2 heterocycles. The number of imidazole rings is 1. The van der Waals surface area contributed by atoms with E-state index in [2.05, 4.69) is 40.7 Å². The Bertz CT molecular complexity index is 345. The lowest BCUT2D eigenvalue weighted by molar-refractivity contribution is 0.375. The molecule has 1 saturated heterocycles. The number of aromatic nitrogens is 2. The molecule has 0 saturated carbocycles. The van der Waals surface area contributed by atoms with Crippen LogP contribution in [0.15, 0.2) is 12.4 Å². The first-order valence-corrected chi connectivity index (χ1v) is 6.62. The fourth-order valence-electron chi connectivity index (χ4n) is 2.48. The third-order valence-electron chi connectivity index (χ3n) is 3.41. The van der Waals surface area contributed by atoms with E-state index in [0.29, 0.717) is 6.04 Å². The maximum Gasteiger partial charge on any atom is 0.205 e. The molecule has 1 aromatic rings. The topological polar surface area (TPSA) is 33.1 Å². The molecule has 0 amide bonds. The first-order chi connectivity index (χ1) is 8.16. The molecule has 0 bridgehead atoms. The number of aryl methyl sites for hydroxylation is 1. The second-order valence-corrected chi connectivity index (χ2v) is 5.36. The van der Waals surface area contributed by atoms with Gasteiger partial charge in [-0.25, -0.2) is 4.98 Å². The van der Waals surface area contributed by atoms with Crippen LogP contribution in [-0.2, 0) is 7.05 Å². The van der Waals surface area contributed by atoms with Gasteiger partial charge in [0.15, 0.2) is 0 Å². The molecular formula is C13H24N4. The van der Waals surface area contributed by atoms with Crippen LogP contribution in [-0.4, -0.2) is 35.2 Å². The Balaban J connectivity index is 1.91. The minimum atomic E-state index is 0.582. The summed E-state index contributed by atoms with van der Waals surface area (Å²) < 4.78 is 2.11. The van der Waals surface area contributed by atoms with E-state index in [1.54, 1.807) is 0 Å². The van der Waals surface area contributed by atoms with Gasteiger partial charge < -0.3 is 14.8 Å².